The first kappa shape index (κ1) is 18.9. The number of thioether (sulfide) groups is 1. The summed E-state index contributed by atoms with van der Waals surface area (Å²) in [4.78, 5) is 18.8. The summed E-state index contributed by atoms with van der Waals surface area (Å²) in [5.41, 5.74) is 1.83. The number of nitrogens with zero attached hydrogens (tertiary/aromatic N) is 2. The molecule has 0 unspecified atom stereocenters. The lowest BCUT2D eigenvalue weighted by Gasteiger charge is -2.27. The van der Waals surface area contributed by atoms with Crippen molar-refractivity contribution in [1.82, 2.24) is 20.5 Å². The Balaban J connectivity index is 1.28. The van der Waals surface area contributed by atoms with Gasteiger partial charge in [-0.25, -0.2) is 4.98 Å². The molecule has 3 rings (SSSR count). The van der Waals surface area contributed by atoms with Gasteiger partial charge in [0.05, 0.1) is 11.4 Å². The molecule has 2 N–H and O–H groups in total. The molecule has 1 saturated heterocycles. The number of benzene rings is 1. The lowest BCUT2D eigenvalue weighted by molar-refractivity contribution is -0.118. The number of nitrogens with one attached hydrogen (secondary N) is 2. The van der Waals surface area contributed by atoms with Gasteiger partial charge < -0.3 is 20.0 Å². The number of carbonyl (C=O) groups is 1. The summed E-state index contributed by atoms with van der Waals surface area (Å²) in [5, 5.41) is 6.34. The summed E-state index contributed by atoms with van der Waals surface area (Å²) >= 11 is 1.56. The predicted molar refractivity (Wildman–Crippen MR) is 105 cm³/mol. The van der Waals surface area contributed by atoms with Gasteiger partial charge in [-0.2, -0.15) is 0 Å². The van der Waals surface area contributed by atoms with Crippen molar-refractivity contribution < 1.29 is 9.21 Å². The first-order valence-electron chi connectivity index (χ1n) is 9.08. The summed E-state index contributed by atoms with van der Waals surface area (Å²) < 4.78 is 5.51. The molecule has 0 spiro atoms. The Kier molecular flexibility index (Phi) is 7.54. The summed E-state index contributed by atoms with van der Waals surface area (Å²) in [6, 6.07) is 9.82. The molecule has 1 aromatic heterocycles. The van der Waals surface area contributed by atoms with Crippen LogP contribution in [0.5, 0.6) is 0 Å². The van der Waals surface area contributed by atoms with Crippen LogP contribution in [0.25, 0.3) is 11.5 Å². The van der Waals surface area contributed by atoms with Crippen LogP contribution in [0.15, 0.2) is 41.0 Å². The second kappa shape index (κ2) is 10.4. The molecule has 1 aromatic carbocycles. The average Bonchev–Trinajstić information content (AvgIpc) is 3.16. The number of amides is 1. The van der Waals surface area contributed by atoms with Gasteiger partial charge in [0, 0.05) is 44.0 Å². The molecule has 1 aliphatic rings. The number of carbonyl (C=O) groups excluding carboxylic acids is 1. The van der Waals surface area contributed by atoms with Gasteiger partial charge in [0.1, 0.15) is 6.26 Å². The number of piperazine rings is 1. The SMILES string of the molecule is O=C(CSCc1coc(-c2ccccc2)n1)NCCCN1CCNCC1. The number of aromatic nitrogens is 1. The van der Waals surface area contributed by atoms with E-state index < -0.39 is 0 Å². The minimum absolute atomic E-state index is 0.0853. The van der Waals surface area contributed by atoms with Crippen molar-refractivity contribution in [3.8, 4) is 11.5 Å². The number of hydrogen-bond donors (Lipinski definition) is 2. The number of hydrogen-bond acceptors (Lipinski definition) is 6. The molecule has 2 aromatic rings. The third-order valence-corrected chi connectivity index (χ3v) is 5.20. The highest BCUT2D eigenvalue weighted by atomic mass is 32.2. The zero-order valence-electron chi connectivity index (χ0n) is 14.9. The van der Waals surface area contributed by atoms with Crippen LogP contribution in [0, 0.1) is 0 Å². The van der Waals surface area contributed by atoms with Crippen molar-refractivity contribution in [2.75, 3.05) is 45.0 Å². The average molecular weight is 375 g/mol. The van der Waals surface area contributed by atoms with Crippen LogP contribution in [0.2, 0.25) is 0 Å². The van der Waals surface area contributed by atoms with Gasteiger partial charge in [-0.05, 0) is 25.1 Å². The van der Waals surface area contributed by atoms with E-state index in [1.807, 2.05) is 30.3 Å². The normalized spacial score (nSPS) is 15.1. The second-order valence-electron chi connectivity index (χ2n) is 6.30. The Labute approximate surface area is 158 Å². The highest BCUT2D eigenvalue weighted by Crippen LogP contribution is 2.20. The highest BCUT2D eigenvalue weighted by molar-refractivity contribution is 7.99. The van der Waals surface area contributed by atoms with Gasteiger partial charge in [0.15, 0.2) is 0 Å². The molecule has 0 atom stereocenters. The fraction of sp³-hybridized carbons (Fsp3) is 0.474. The van der Waals surface area contributed by atoms with Crippen LogP contribution in [0.4, 0.5) is 0 Å². The quantitative estimate of drug-likeness (QED) is 0.654. The molecule has 1 aliphatic heterocycles. The van der Waals surface area contributed by atoms with Gasteiger partial charge in [-0.3, -0.25) is 4.79 Å². The van der Waals surface area contributed by atoms with Crippen LogP contribution in [-0.4, -0.2) is 60.8 Å². The van der Waals surface area contributed by atoms with E-state index in [1.54, 1.807) is 18.0 Å². The highest BCUT2D eigenvalue weighted by Gasteiger charge is 2.10. The van der Waals surface area contributed by atoms with Gasteiger partial charge in [0.2, 0.25) is 11.8 Å². The van der Waals surface area contributed by atoms with E-state index in [0.29, 0.717) is 17.4 Å². The van der Waals surface area contributed by atoms with Gasteiger partial charge in [-0.15, -0.1) is 11.8 Å². The molecule has 0 aliphatic carbocycles. The first-order valence-corrected chi connectivity index (χ1v) is 10.2. The fourth-order valence-electron chi connectivity index (χ4n) is 2.85. The minimum Gasteiger partial charge on any atom is -0.444 e. The zero-order valence-corrected chi connectivity index (χ0v) is 15.8. The number of rotatable bonds is 9. The third kappa shape index (κ3) is 6.16. The van der Waals surface area contributed by atoms with E-state index in [9.17, 15) is 4.79 Å². The maximum Gasteiger partial charge on any atom is 0.230 e. The zero-order chi connectivity index (χ0) is 18.0. The molecular weight excluding hydrogens is 348 g/mol. The molecule has 6 nitrogen and oxygen atoms in total. The molecule has 7 heteroatoms. The van der Waals surface area contributed by atoms with Crippen LogP contribution >= 0.6 is 11.8 Å². The van der Waals surface area contributed by atoms with E-state index in [2.05, 4.69) is 20.5 Å². The fourth-order valence-corrected chi connectivity index (χ4v) is 3.58. The van der Waals surface area contributed by atoms with Crippen LogP contribution in [0.3, 0.4) is 0 Å². The van der Waals surface area contributed by atoms with Crippen molar-refractivity contribution in [1.29, 1.82) is 0 Å². The molecular formula is C19H26N4O2S. The van der Waals surface area contributed by atoms with E-state index in [1.165, 1.54) is 0 Å². The summed E-state index contributed by atoms with van der Waals surface area (Å²) in [6.45, 7) is 6.13. The Hall–Kier alpha value is -1.83. The standard InChI is InChI=1S/C19H26N4O2S/c24-18(21-7-4-10-23-11-8-20-9-12-23)15-26-14-17-13-25-19(22-17)16-5-2-1-3-6-16/h1-3,5-6,13,20H,4,7-12,14-15H2,(H,21,24). The van der Waals surface area contributed by atoms with E-state index in [-0.39, 0.29) is 5.91 Å². The Bertz CT molecular complexity index is 671. The third-order valence-electron chi connectivity index (χ3n) is 4.24. The summed E-state index contributed by atoms with van der Waals surface area (Å²) in [6.07, 6.45) is 2.67. The van der Waals surface area contributed by atoms with E-state index in [0.717, 1.165) is 56.9 Å². The molecule has 0 bridgehead atoms. The first-order chi connectivity index (χ1) is 12.8. The monoisotopic (exact) mass is 374 g/mol. The maximum atomic E-state index is 11.9. The summed E-state index contributed by atoms with van der Waals surface area (Å²) in [5.74, 6) is 1.83. The molecule has 0 radical (unpaired) electrons. The maximum absolute atomic E-state index is 11.9. The largest absolute Gasteiger partial charge is 0.444 e. The molecule has 26 heavy (non-hydrogen) atoms. The van der Waals surface area contributed by atoms with Crippen LogP contribution in [-0.2, 0) is 10.5 Å². The van der Waals surface area contributed by atoms with Crippen molar-refractivity contribution in [3.05, 3.63) is 42.3 Å². The molecule has 1 fully saturated rings. The predicted octanol–water partition coefficient (Wildman–Crippen LogP) is 1.99. The van der Waals surface area contributed by atoms with Crippen molar-refractivity contribution >= 4 is 17.7 Å². The van der Waals surface area contributed by atoms with Gasteiger partial charge in [-0.1, -0.05) is 18.2 Å². The lowest BCUT2D eigenvalue weighted by atomic mass is 10.2. The molecule has 0 saturated carbocycles. The molecule has 140 valence electrons. The van der Waals surface area contributed by atoms with Crippen LogP contribution < -0.4 is 10.6 Å². The molecule has 1 amide bonds. The van der Waals surface area contributed by atoms with E-state index >= 15 is 0 Å². The van der Waals surface area contributed by atoms with E-state index in [4.69, 9.17) is 4.42 Å². The smallest absolute Gasteiger partial charge is 0.230 e. The van der Waals surface area contributed by atoms with Crippen LogP contribution in [0.1, 0.15) is 12.1 Å². The number of oxazole rings is 1. The minimum atomic E-state index is 0.0853. The van der Waals surface area contributed by atoms with Gasteiger partial charge in [0.25, 0.3) is 0 Å². The topological polar surface area (TPSA) is 70.4 Å². The Morgan fingerprint density at radius 3 is 2.88 bits per heavy atom. The Morgan fingerprint density at radius 1 is 1.27 bits per heavy atom. The molecule has 2 heterocycles. The second-order valence-corrected chi connectivity index (χ2v) is 7.28. The van der Waals surface area contributed by atoms with Crippen molar-refractivity contribution in [2.24, 2.45) is 0 Å². The summed E-state index contributed by atoms with van der Waals surface area (Å²) in [7, 11) is 0. The Morgan fingerprint density at radius 2 is 2.08 bits per heavy atom. The van der Waals surface area contributed by atoms with Crippen molar-refractivity contribution in [2.45, 2.75) is 12.2 Å². The lowest BCUT2D eigenvalue weighted by Crippen LogP contribution is -2.44. The van der Waals surface area contributed by atoms with Crippen molar-refractivity contribution in [3.63, 3.8) is 0 Å². The van der Waals surface area contributed by atoms with Gasteiger partial charge >= 0.3 is 0 Å².